The van der Waals surface area contributed by atoms with Gasteiger partial charge >= 0.3 is 0 Å². The van der Waals surface area contributed by atoms with Crippen molar-refractivity contribution in [3.05, 3.63) is 12.2 Å². The molecule has 0 bridgehead atoms. The van der Waals surface area contributed by atoms with Crippen molar-refractivity contribution < 1.29 is 0 Å². The van der Waals surface area contributed by atoms with Crippen LogP contribution in [0.3, 0.4) is 0 Å². The Bertz CT molecular complexity index is 128. The Balaban J connectivity index is 2.60. The molecule has 1 saturated heterocycles. The monoisotopic (exact) mass is 111 g/mol. The van der Waals surface area contributed by atoms with Gasteiger partial charge in [-0.05, 0) is 20.9 Å². The smallest absolute Gasteiger partial charge is 0.0512 e. The molecule has 1 fully saturated rings. The van der Waals surface area contributed by atoms with Crippen LogP contribution < -0.4 is 0 Å². The number of hydrogen-bond acceptors (Lipinski definition) is 1. The van der Waals surface area contributed by atoms with Crippen molar-refractivity contribution in [2.75, 3.05) is 13.6 Å². The average molecular weight is 111 g/mol. The molecule has 0 saturated carbocycles. The fourth-order valence-electron chi connectivity index (χ4n) is 0.887. The van der Waals surface area contributed by atoms with Crippen LogP contribution in [0.5, 0.6) is 0 Å². The van der Waals surface area contributed by atoms with E-state index >= 15 is 0 Å². The van der Waals surface area contributed by atoms with E-state index in [2.05, 4.69) is 32.4 Å². The molecule has 1 heterocycles. The molecule has 8 heavy (non-hydrogen) atoms. The standard InChI is InChI=1S/C7H13N/c1-6(2)7(3)5-8(7)4/h1,5H2,2-4H3. The molecule has 46 valence electrons. The quantitative estimate of drug-likeness (QED) is 0.364. The Morgan fingerprint density at radius 1 is 1.75 bits per heavy atom. The molecule has 0 aromatic carbocycles. The van der Waals surface area contributed by atoms with Gasteiger partial charge in [0.2, 0.25) is 0 Å². The van der Waals surface area contributed by atoms with Crippen LogP contribution in [0.2, 0.25) is 0 Å². The van der Waals surface area contributed by atoms with Gasteiger partial charge in [0.25, 0.3) is 0 Å². The first kappa shape index (κ1) is 5.83. The maximum atomic E-state index is 3.90. The highest BCUT2D eigenvalue weighted by molar-refractivity contribution is 5.23. The van der Waals surface area contributed by atoms with Gasteiger partial charge in [0.15, 0.2) is 0 Å². The van der Waals surface area contributed by atoms with Crippen molar-refractivity contribution in [3.8, 4) is 0 Å². The van der Waals surface area contributed by atoms with E-state index in [1.165, 1.54) is 12.1 Å². The van der Waals surface area contributed by atoms with Crippen LogP contribution in [-0.4, -0.2) is 24.0 Å². The molecule has 0 amide bonds. The van der Waals surface area contributed by atoms with Gasteiger partial charge in [-0.15, -0.1) is 0 Å². The maximum absolute atomic E-state index is 3.90. The molecule has 1 nitrogen and oxygen atoms in total. The first-order chi connectivity index (χ1) is 3.57. The van der Waals surface area contributed by atoms with Crippen LogP contribution in [0.1, 0.15) is 13.8 Å². The fraction of sp³-hybridized carbons (Fsp3) is 0.714. The summed E-state index contributed by atoms with van der Waals surface area (Å²) >= 11 is 0. The van der Waals surface area contributed by atoms with Crippen LogP contribution in [0.25, 0.3) is 0 Å². The van der Waals surface area contributed by atoms with Crippen LogP contribution in [0.15, 0.2) is 12.2 Å². The third-order valence-electron chi connectivity index (χ3n) is 2.20. The van der Waals surface area contributed by atoms with Crippen molar-refractivity contribution in [1.29, 1.82) is 0 Å². The van der Waals surface area contributed by atoms with E-state index in [4.69, 9.17) is 0 Å². The molecule has 1 rings (SSSR count). The Kier molecular flexibility index (Phi) is 0.984. The minimum absolute atomic E-state index is 0.347. The minimum Gasteiger partial charge on any atom is -0.294 e. The maximum Gasteiger partial charge on any atom is 0.0512 e. The zero-order chi connectivity index (χ0) is 6.36. The van der Waals surface area contributed by atoms with Crippen LogP contribution in [0.4, 0.5) is 0 Å². The van der Waals surface area contributed by atoms with Crippen molar-refractivity contribution in [1.82, 2.24) is 4.90 Å². The predicted octanol–water partition coefficient (Wildman–Crippen LogP) is 1.27. The largest absolute Gasteiger partial charge is 0.294 e. The summed E-state index contributed by atoms with van der Waals surface area (Å²) < 4.78 is 0. The molecule has 0 radical (unpaired) electrons. The third-order valence-corrected chi connectivity index (χ3v) is 2.20. The molecule has 1 heteroatoms. The van der Waals surface area contributed by atoms with E-state index in [0.717, 1.165) is 0 Å². The first-order valence-electron chi connectivity index (χ1n) is 2.94. The number of rotatable bonds is 1. The molecule has 0 aromatic heterocycles. The summed E-state index contributed by atoms with van der Waals surface area (Å²) in [5, 5.41) is 0. The second kappa shape index (κ2) is 1.35. The lowest BCUT2D eigenvalue weighted by Gasteiger charge is -2.06. The van der Waals surface area contributed by atoms with Crippen molar-refractivity contribution >= 4 is 0 Å². The second-order valence-electron chi connectivity index (χ2n) is 2.91. The Labute approximate surface area is 51.0 Å². The van der Waals surface area contributed by atoms with Gasteiger partial charge in [-0.3, -0.25) is 4.90 Å². The van der Waals surface area contributed by atoms with Crippen LogP contribution in [-0.2, 0) is 0 Å². The fourth-order valence-corrected chi connectivity index (χ4v) is 0.887. The van der Waals surface area contributed by atoms with E-state index < -0.39 is 0 Å². The van der Waals surface area contributed by atoms with E-state index in [1.807, 2.05) is 0 Å². The number of nitrogens with zero attached hydrogens (tertiary/aromatic N) is 1. The van der Waals surface area contributed by atoms with E-state index in [1.54, 1.807) is 0 Å². The SMILES string of the molecule is C=C(C)C1(C)CN1C. The van der Waals surface area contributed by atoms with Crippen molar-refractivity contribution in [2.24, 2.45) is 0 Å². The molecular weight excluding hydrogens is 98.1 g/mol. The molecule has 1 aliphatic heterocycles. The van der Waals surface area contributed by atoms with Crippen LogP contribution in [0, 0.1) is 0 Å². The van der Waals surface area contributed by atoms with Gasteiger partial charge < -0.3 is 0 Å². The highest BCUT2D eigenvalue weighted by Gasteiger charge is 2.44. The summed E-state index contributed by atoms with van der Waals surface area (Å²) in [5.74, 6) is 0. The third kappa shape index (κ3) is 0.583. The number of hydrogen-bond donors (Lipinski definition) is 0. The summed E-state index contributed by atoms with van der Waals surface area (Å²) in [6.45, 7) is 9.38. The molecular formula is C7H13N. The average Bonchev–Trinajstić information content (AvgIpc) is 2.17. The molecule has 2 atom stereocenters. The molecule has 0 aromatic rings. The van der Waals surface area contributed by atoms with Crippen molar-refractivity contribution in [3.63, 3.8) is 0 Å². The van der Waals surface area contributed by atoms with Crippen LogP contribution >= 0.6 is 0 Å². The summed E-state index contributed by atoms with van der Waals surface area (Å²) in [7, 11) is 2.12. The zero-order valence-corrected chi connectivity index (χ0v) is 5.86. The summed E-state index contributed by atoms with van der Waals surface area (Å²) in [6, 6.07) is 0. The molecule has 0 spiro atoms. The van der Waals surface area contributed by atoms with E-state index in [9.17, 15) is 0 Å². The van der Waals surface area contributed by atoms with E-state index in [0.29, 0.717) is 5.54 Å². The summed E-state index contributed by atoms with van der Waals surface area (Å²) in [5.41, 5.74) is 1.62. The normalized spacial score (nSPS) is 44.1. The molecule has 2 unspecified atom stereocenters. The van der Waals surface area contributed by atoms with Gasteiger partial charge in [0.05, 0.1) is 5.54 Å². The zero-order valence-electron chi connectivity index (χ0n) is 5.86. The number of likely N-dealkylation sites (N-methyl/N-ethyl adjacent to an activating group) is 1. The van der Waals surface area contributed by atoms with Crippen molar-refractivity contribution in [2.45, 2.75) is 19.4 Å². The summed E-state index contributed by atoms with van der Waals surface area (Å²) in [4.78, 5) is 2.29. The molecule has 0 aliphatic carbocycles. The van der Waals surface area contributed by atoms with Gasteiger partial charge in [-0.1, -0.05) is 12.2 Å². The lowest BCUT2D eigenvalue weighted by Crippen LogP contribution is -2.11. The second-order valence-corrected chi connectivity index (χ2v) is 2.91. The Morgan fingerprint density at radius 2 is 2.12 bits per heavy atom. The first-order valence-corrected chi connectivity index (χ1v) is 2.94. The minimum atomic E-state index is 0.347. The Hall–Kier alpha value is -0.300. The summed E-state index contributed by atoms with van der Waals surface area (Å²) in [6.07, 6.45) is 0. The Morgan fingerprint density at radius 3 is 2.12 bits per heavy atom. The topological polar surface area (TPSA) is 3.01 Å². The van der Waals surface area contributed by atoms with Gasteiger partial charge in [-0.25, -0.2) is 0 Å². The molecule has 0 N–H and O–H groups in total. The van der Waals surface area contributed by atoms with Gasteiger partial charge in [0, 0.05) is 6.54 Å². The predicted molar refractivity (Wildman–Crippen MR) is 35.8 cm³/mol. The van der Waals surface area contributed by atoms with E-state index in [-0.39, 0.29) is 0 Å². The lowest BCUT2D eigenvalue weighted by molar-refractivity contribution is 0.549. The highest BCUT2D eigenvalue weighted by atomic mass is 15.3. The highest BCUT2D eigenvalue weighted by Crippen LogP contribution is 2.35. The molecule has 1 aliphatic rings. The van der Waals surface area contributed by atoms with Gasteiger partial charge in [-0.2, -0.15) is 0 Å². The lowest BCUT2D eigenvalue weighted by atomic mass is 10.1. The van der Waals surface area contributed by atoms with Gasteiger partial charge in [0.1, 0.15) is 0 Å².